The fourth-order valence-corrected chi connectivity index (χ4v) is 1.68. The van der Waals surface area contributed by atoms with Crippen molar-refractivity contribution in [3.63, 3.8) is 0 Å². The minimum atomic E-state index is 0.782. The molecule has 0 aromatic carbocycles. The van der Waals surface area contributed by atoms with Gasteiger partial charge in [-0.05, 0) is 32.2 Å². The van der Waals surface area contributed by atoms with Crippen molar-refractivity contribution in [2.45, 2.75) is 66.8 Å². The molecule has 1 nitrogen and oxygen atoms in total. The minimum Gasteiger partial charge on any atom is -0.314 e. The van der Waals surface area contributed by atoms with E-state index in [1.54, 1.807) is 0 Å². The first kappa shape index (κ1) is 15.4. The second-order valence-corrected chi connectivity index (χ2v) is 3.08. The number of nitrogens with one attached hydrogen (secondary N) is 1. The van der Waals surface area contributed by atoms with Crippen LogP contribution in [0.5, 0.6) is 0 Å². The van der Waals surface area contributed by atoms with Crippen molar-refractivity contribution in [3.05, 3.63) is 0 Å². The van der Waals surface area contributed by atoms with Crippen LogP contribution < -0.4 is 5.32 Å². The third-order valence-electron chi connectivity index (χ3n) is 2.35. The van der Waals surface area contributed by atoms with Crippen LogP contribution in [0.25, 0.3) is 0 Å². The van der Waals surface area contributed by atoms with Gasteiger partial charge in [0.15, 0.2) is 0 Å². The Bertz CT molecular complexity index is 81.2. The van der Waals surface area contributed by atoms with Crippen LogP contribution in [0.15, 0.2) is 0 Å². The van der Waals surface area contributed by atoms with Crippen LogP contribution in [0, 0.1) is 5.92 Å². The van der Waals surface area contributed by atoms with Gasteiger partial charge in [0, 0.05) is 6.04 Å². The number of hydrogen-bond acceptors (Lipinski definition) is 1. The number of hydrogen-bond donors (Lipinski definition) is 1. The zero-order valence-electron chi connectivity index (χ0n) is 10.5. The molecule has 0 aromatic heterocycles. The fourth-order valence-electron chi connectivity index (χ4n) is 1.68. The highest BCUT2D eigenvalue weighted by Gasteiger charge is 2.20. The fraction of sp³-hybridized carbons (Fsp3) is 1.00. The summed E-state index contributed by atoms with van der Waals surface area (Å²) < 4.78 is 0. The van der Waals surface area contributed by atoms with Gasteiger partial charge < -0.3 is 5.32 Å². The van der Waals surface area contributed by atoms with Crippen molar-refractivity contribution in [2.75, 3.05) is 6.54 Å². The maximum Gasteiger partial charge on any atom is 0.00674 e. The molecular weight excluding hydrogens is 158 g/mol. The monoisotopic (exact) mass is 187 g/mol. The van der Waals surface area contributed by atoms with Gasteiger partial charge in [-0.2, -0.15) is 0 Å². The van der Waals surface area contributed by atoms with E-state index in [0.29, 0.717) is 0 Å². The second kappa shape index (κ2) is 12.0. The van der Waals surface area contributed by atoms with Gasteiger partial charge in [-0.25, -0.2) is 0 Å². The Morgan fingerprint density at radius 1 is 1.15 bits per heavy atom. The van der Waals surface area contributed by atoms with Crippen molar-refractivity contribution in [2.24, 2.45) is 5.92 Å². The standard InChI is InChI=1S/C8H17N.2C2H6/c1-3-4-8-5-6-9-7(8)2;2*1-2/h7-9H,3-6H2,1-2H3;2*1-2H3. The predicted octanol–water partition coefficient (Wildman–Crippen LogP) is 3.84. The Morgan fingerprint density at radius 3 is 2.00 bits per heavy atom. The van der Waals surface area contributed by atoms with Crippen LogP contribution in [0.3, 0.4) is 0 Å². The molecule has 0 amide bonds. The van der Waals surface area contributed by atoms with Crippen molar-refractivity contribution in [1.29, 1.82) is 0 Å². The molecule has 0 aromatic rings. The van der Waals surface area contributed by atoms with E-state index in [0.717, 1.165) is 12.0 Å². The molecule has 1 heterocycles. The molecule has 13 heavy (non-hydrogen) atoms. The Balaban J connectivity index is 0. The highest BCUT2D eigenvalue weighted by atomic mass is 14.9. The molecule has 1 N–H and O–H groups in total. The molecule has 82 valence electrons. The summed E-state index contributed by atoms with van der Waals surface area (Å²) in [5.74, 6) is 0.968. The molecule has 0 aliphatic carbocycles. The van der Waals surface area contributed by atoms with Crippen molar-refractivity contribution in [3.8, 4) is 0 Å². The normalized spacial score (nSPS) is 25.4. The summed E-state index contributed by atoms with van der Waals surface area (Å²) in [7, 11) is 0. The SMILES string of the molecule is CC.CC.CCCC1CCNC1C. The summed E-state index contributed by atoms with van der Waals surface area (Å²) in [6.07, 6.45) is 4.15. The van der Waals surface area contributed by atoms with Gasteiger partial charge in [-0.1, -0.05) is 41.0 Å². The van der Waals surface area contributed by atoms with E-state index in [9.17, 15) is 0 Å². The summed E-state index contributed by atoms with van der Waals surface area (Å²) in [5.41, 5.74) is 0. The topological polar surface area (TPSA) is 12.0 Å². The molecule has 0 bridgehead atoms. The van der Waals surface area contributed by atoms with Gasteiger partial charge in [-0.3, -0.25) is 0 Å². The van der Waals surface area contributed by atoms with E-state index in [4.69, 9.17) is 0 Å². The Kier molecular flexibility index (Phi) is 14.2. The molecule has 1 saturated heterocycles. The van der Waals surface area contributed by atoms with E-state index in [-0.39, 0.29) is 0 Å². The van der Waals surface area contributed by atoms with Gasteiger partial charge in [0.2, 0.25) is 0 Å². The summed E-state index contributed by atoms with van der Waals surface area (Å²) in [6, 6.07) is 0.782. The lowest BCUT2D eigenvalue weighted by Crippen LogP contribution is -2.22. The van der Waals surface area contributed by atoms with Gasteiger partial charge in [0.1, 0.15) is 0 Å². The molecule has 0 spiro atoms. The molecule has 1 aliphatic rings. The molecule has 1 rings (SSSR count). The van der Waals surface area contributed by atoms with Crippen LogP contribution >= 0.6 is 0 Å². The average Bonchev–Trinajstić information content (AvgIpc) is 2.60. The van der Waals surface area contributed by atoms with Crippen LogP contribution in [0.4, 0.5) is 0 Å². The molecule has 1 fully saturated rings. The van der Waals surface area contributed by atoms with E-state index < -0.39 is 0 Å². The van der Waals surface area contributed by atoms with Crippen molar-refractivity contribution in [1.82, 2.24) is 5.32 Å². The van der Waals surface area contributed by atoms with Gasteiger partial charge in [-0.15, -0.1) is 0 Å². The highest BCUT2D eigenvalue weighted by molar-refractivity contribution is 4.79. The molecular formula is C12H29N. The zero-order chi connectivity index (χ0) is 10.7. The smallest absolute Gasteiger partial charge is 0.00674 e. The molecule has 0 saturated carbocycles. The van der Waals surface area contributed by atoms with Gasteiger partial charge >= 0.3 is 0 Å². The van der Waals surface area contributed by atoms with E-state index in [1.807, 2.05) is 27.7 Å². The van der Waals surface area contributed by atoms with Gasteiger partial charge in [0.25, 0.3) is 0 Å². The van der Waals surface area contributed by atoms with Crippen molar-refractivity contribution < 1.29 is 0 Å². The second-order valence-electron chi connectivity index (χ2n) is 3.08. The summed E-state index contributed by atoms with van der Waals surface area (Å²) in [5, 5.41) is 3.45. The lowest BCUT2D eigenvalue weighted by atomic mass is 9.97. The molecule has 2 atom stereocenters. The van der Waals surface area contributed by atoms with Gasteiger partial charge in [0.05, 0.1) is 0 Å². The lowest BCUT2D eigenvalue weighted by Gasteiger charge is -2.12. The molecule has 2 unspecified atom stereocenters. The quantitative estimate of drug-likeness (QED) is 0.692. The summed E-state index contributed by atoms with van der Waals surface area (Å²) in [6.45, 7) is 13.8. The Labute approximate surface area is 85.3 Å². The van der Waals surface area contributed by atoms with E-state index in [2.05, 4.69) is 19.2 Å². The highest BCUT2D eigenvalue weighted by Crippen LogP contribution is 2.19. The molecule has 1 heteroatoms. The number of rotatable bonds is 2. The van der Waals surface area contributed by atoms with Crippen LogP contribution in [-0.4, -0.2) is 12.6 Å². The Morgan fingerprint density at radius 2 is 1.69 bits per heavy atom. The summed E-state index contributed by atoms with van der Waals surface area (Å²) in [4.78, 5) is 0. The largest absolute Gasteiger partial charge is 0.314 e. The minimum absolute atomic E-state index is 0.782. The lowest BCUT2D eigenvalue weighted by molar-refractivity contribution is 0.439. The third-order valence-corrected chi connectivity index (χ3v) is 2.35. The van der Waals surface area contributed by atoms with E-state index >= 15 is 0 Å². The third kappa shape index (κ3) is 7.06. The zero-order valence-corrected chi connectivity index (χ0v) is 10.5. The van der Waals surface area contributed by atoms with Crippen LogP contribution in [0.2, 0.25) is 0 Å². The maximum absolute atomic E-state index is 3.45. The molecule has 0 radical (unpaired) electrons. The van der Waals surface area contributed by atoms with Crippen molar-refractivity contribution >= 4 is 0 Å². The maximum atomic E-state index is 3.45. The first-order valence-corrected chi connectivity index (χ1v) is 6.08. The van der Waals surface area contributed by atoms with E-state index in [1.165, 1.54) is 25.8 Å². The first-order valence-electron chi connectivity index (χ1n) is 6.08. The average molecular weight is 187 g/mol. The van der Waals surface area contributed by atoms with Crippen LogP contribution in [-0.2, 0) is 0 Å². The Hall–Kier alpha value is -0.0400. The van der Waals surface area contributed by atoms with Crippen LogP contribution in [0.1, 0.15) is 60.8 Å². The first-order chi connectivity index (χ1) is 6.34. The molecule has 1 aliphatic heterocycles. The summed E-state index contributed by atoms with van der Waals surface area (Å²) >= 11 is 0. The predicted molar refractivity (Wildman–Crippen MR) is 63.2 cm³/mol.